The van der Waals surface area contributed by atoms with E-state index in [0.717, 1.165) is 54.2 Å². The molecule has 1 amide bonds. The highest BCUT2D eigenvalue weighted by Gasteiger charge is 2.14. The number of carbonyl (C=O) groups is 1. The monoisotopic (exact) mass is 441 g/mol. The Kier molecular flexibility index (Phi) is 6.23. The highest BCUT2D eigenvalue weighted by atomic mass is 35.5. The predicted molar refractivity (Wildman–Crippen MR) is 124 cm³/mol. The van der Waals surface area contributed by atoms with E-state index in [-0.39, 0.29) is 5.91 Å². The Morgan fingerprint density at radius 3 is 2.70 bits per heavy atom. The Balaban J connectivity index is 1.51. The summed E-state index contributed by atoms with van der Waals surface area (Å²) >= 11 is 12.0. The molecule has 4 rings (SSSR count). The second-order valence-corrected chi connectivity index (χ2v) is 7.96. The smallest absolute Gasteiger partial charge is 0.248 e. The van der Waals surface area contributed by atoms with Gasteiger partial charge in [-0.05, 0) is 60.5 Å². The summed E-state index contributed by atoms with van der Waals surface area (Å²) in [5.74, 6) is 0.721. The number of hydrogen-bond donors (Lipinski definition) is 1. The first kappa shape index (κ1) is 20.7. The molecule has 2 aromatic carbocycles. The third kappa shape index (κ3) is 4.75. The van der Waals surface area contributed by atoms with Crippen LogP contribution in [0.1, 0.15) is 11.1 Å². The summed E-state index contributed by atoms with van der Waals surface area (Å²) < 4.78 is 5.42. The van der Waals surface area contributed by atoms with Crippen LogP contribution < -0.4 is 10.2 Å². The van der Waals surface area contributed by atoms with Gasteiger partial charge in [0.25, 0.3) is 0 Å². The number of anilines is 2. The van der Waals surface area contributed by atoms with Crippen LogP contribution in [0.3, 0.4) is 0 Å². The number of benzene rings is 2. The number of aryl methyl sites for hydroxylation is 1. The van der Waals surface area contributed by atoms with Crippen molar-refractivity contribution in [3.63, 3.8) is 0 Å². The summed E-state index contributed by atoms with van der Waals surface area (Å²) in [5.41, 5.74) is 3.45. The van der Waals surface area contributed by atoms with E-state index in [0.29, 0.717) is 15.7 Å². The summed E-state index contributed by atoms with van der Waals surface area (Å²) in [6.45, 7) is 5.19. The number of hydrogen-bond acceptors (Lipinski definition) is 4. The molecule has 1 fully saturated rings. The number of morpholine rings is 1. The van der Waals surface area contributed by atoms with Gasteiger partial charge in [-0.3, -0.25) is 4.79 Å². The normalized spacial score (nSPS) is 14.4. The zero-order chi connectivity index (χ0) is 21.1. The lowest BCUT2D eigenvalue weighted by molar-refractivity contribution is -0.111. The zero-order valence-corrected chi connectivity index (χ0v) is 18.0. The number of aromatic nitrogens is 1. The molecule has 0 bridgehead atoms. The van der Waals surface area contributed by atoms with E-state index in [1.54, 1.807) is 24.3 Å². The van der Waals surface area contributed by atoms with Crippen LogP contribution in [0.2, 0.25) is 10.0 Å². The molecule has 7 heteroatoms. The molecule has 1 aromatic heterocycles. The molecular weight excluding hydrogens is 421 g/mol. The number of nitrogens with zero attached hydrogens (tertiary/aromatic N) is 2. The topological polar surface area (TPSA) is 54.5 Å². The zero-order valence-electron chi connectivity index (χ0n) is 16.5. The SMILES string of the molecule is Cc1cc(N2CCOCC2)nc2ccc(NC(=O)/C=C/c3ccc(Cl)cc3Cl)cc12. The first-order chi connectivity index (χ1) is 14.5. The summed E-state index contributed by atoms with van der Waals surface area (Å²) in [6, 6.07) is 13.0. The molecule has 3 aromatic rings. The van der Waals surface area contributed by atoms with Crippen molar-refractivity contribution in [2.45, 2.75) is 6.92 Å². The Labute approximate surface area is 185 Å². The Hall–Kier alpha value is -2.60. The third-order valence-corrected chi connectivity index (χ3v) is 5.54. The van der Waals surface area contributed by atoms with Crippen molar-refractivity contribution >= 4 is 57.6 Å². The van der Waals surface area contributed by atoms with E-state index in [2.05, 4.69) is 23.2 Å². The summed E-state index contributed by atoms with van der Waals surface area (Å²) in [4.78, 5) is 19.4. The molecule has 1 N–H and O–H groups in total. The molecule has 0 unspecified atom stereocenters. The van der Waals surface area contributed by atoms with Gasteiger partial charge in [0.15, 0.2) is 0 Å². The molecule has 0 aliphatic carbocycles. The fraction of sp³-hybridized carbons (Fsp3) is 0.217. The van der Waals surface area contributed by atoms with Gasteiger partial charge in [0.05, 0.1) is 18.7 Å². The summed E-state index contributed by atoms with van der Waals surface area (Å²) in [5, 5.41) is 4.95. The number of ether oxygens (including phenoxy) is 1. The predicted octanol–water partition coefficient (Wildman–Crippen LogP) is 5.34. The average Bonchev–Trinajstić information content (AvgIpc) is 2.74. The third-order valence-electron chi connectivity index (χ3n) is 4.98. The van der Waals surface area contributed by atoms with Crippen LogP contribution in [0.15, 0.2) is 48.5 Å². The van der Waals surface area contributed by atoms with Gasteiger partial charge in [-0.15, -0.1) is 0 Å². The minimum Gasteiger partial charge on any atom is -0.378 e. The standard InChI is InChI=1S/C23H21Cl2N3O2/c1-15-12-22(28-8-10-30-11-9-28)27-21-6-5-18(14-19(15)21)26-23(29)7-3-16-2-4-17(24)13-20(16)25/h2-7,12-14H,8-11H2,1H3,(H,26,29)/b7-3+. The largest absolute Gasteiger partial charge is 0.378 e. The second-order valence-electron chi connectivity index (χ2n) is 7.12. The minimum atomic E-state index is -0.240. The molecule has 1 aliphatic rings. The number of amides is 1. The van der Waals surface area contributed by atoms with Crippen molar-refractivity contribution in [2.75, 3.05) is 36.5 Å². The van der Waals surface area contributed by atoms with Crippen molar-refractivity contribution in [3.05, 3.63) is 69.7 Å². The van der Waals surface area contributed by atoms with Crippen LogP contribution in [0.4, 0.5) is 11.5 Å². The fourth-order valence-electron chi connectivity index (χ4n) is 3.39. The van der Waals surface area contributed by atoms with Crippen LogP contribution in [-0.4, -0.2) is 37.2 Å². The number of halogens is 2. The lowest BCUT2D eigenvalue weighted by Crippen LogP contribution is -2.36. The molecule has 2 heterocycles. The average molecular weight is 442 g/mol. The summed E-state index contributed by atoms with van der Waals surface area (Å²) in [7, 11) is 0. The van der Waals surface area contributed by atoms with Gasteiger partial charge in [0.2, 0.25) is 5.91 Å². The number of rotatable bonds is 4. The highest BCUT2D eigenvalue weighted by molar-refractivity contribution is 6.35. The van der Waals surface area contributed by atoms with Crippen molar-refractivity contribution in [1.82, 2.24) is 4.98 Å². The van der Waals surface area contributed by atoms with Gasteiger partial charge in [-0.1, -0.05) is 29.3 Å². The molecule has 1 aliphatic heterocycles. The van der Waals surface area contributed by atoms with Gasteiger partial charge in [0, 0.05) is 40.3 Å². The lowest BCUT2D eigenvalue weighted by atomic mass is 10.1. The molecule has 0 atom stereocenters. The van der Waals surface area contributed by atoms with Crippen LogP contribution in [0.25, 0.3) is 17.0 Å². The van der Waals surface area contributed by atoms with Gasteiger partial charge in [0.1, 0.15) is 5.82 Å². The van der Waals surface area contributed by atoms with Gasteiger partial charge in [-0.2, -0.15) is 0 Å². The number of carbonyl (C=O) groups excluding carboxylic acids is 1. The van der Waals surface area contributed by atoms with Crippen LogP contribution in [0.5, 0.6) is 0 Å². The van der Waals surface area contributed by atoms with E-state index in [1.807, 2.05) is 18.2 Å². The minimum absolute atomic E-state index is 0.240. The first-order valence-corrected chi connectivity index (χ1v) is 10.4. The Morgan fingerprint density at radius 1 is 1.13 bits per heavy atom. The lowest BCUT2D eigenvalue weighted by Gasteiger charge is -2.28. The fourth-order valence-corrected chi connectivity index (χ4v) is 3.87. The molecule has 0 radical (unpaired) electrons. The molecular formula is C23H21Cl2N3O2. The van der Waals surface area contributed by atoms with Crippen molar-refractivity contribution in [2.24, 2.45) is 0 Å². The maximum atomic E-state index is 12.3. The van der Waals surface area contributed by atoms with Gasteiger partial charge >= 0.3 is 0 Å². The molecule has 1 saturated heterocycles. The number of nitrogens with one attached hydrogen (secondary N) is 1. The molecule has 0 spiro atoms. The maximum Gasteiger partial charge on any atom is 0.248 e. The van der Waals surface area contributed by atoms with Gasteiger partial charge < -0.3 is 15.0 Å². The van der Waals surface area contributed by atoms with E-state index >= 15 is 0 Å². The van der Waals surface area contributed by atoms with Gasteiger partial charge in [-0.25, -0.2) is 4.98 Å². The van der Waals surface area contributed by atoms with Crippen molar-refractivity contribution in [1.29, 1.82) is 0 Å². The maximum absolute atomic E-state index is 12.3. The van der Waals surface area contributed by atoms with E-state index in [1.165, 1.54) is 6.08 Å². The van der Waals surface area contributed by atoms with E-state index < -0.39 is 0 Å². The van der Waals surface area contributed by atoms with Crippen LogP contribution >= 0.6 is 23.2 Å². The van der Waals surface area contributed by atoms with E-state index in [4.69, 9.17) is 32.9 Å². The molecule has 154 valence electrons. The molecule has 30 heavy (non-hydrogen) atoms. The Bertz CT molecular complexity index is 1120. The van der Waals surface area contributed by atoms with Crippen LogP contribution in [0, 0.1) is 6.92 Å². The first-order valence-electron chi connectivity index (χ1n) is 9.68. The number of pyridine rings is 1. The second kappa shape index (κ2) is 9.04. The van der Waals surface area contributed by atoms with E-state index in [9.17, 15) is 4.79 Å². The van der Waals surface area contributed by atoms with Crippen molar-refractivity contribution < 1.29 is 9.53 Å². The summed E-state index contributed by atoms with van der Waals surface area (Å²) in [6.07, 6.45) is 3.11. The van der Waals surface area contributed by atoms with Crippen molar-refractivity contribution in [3.8, 4) is 0 Å². The molecule has 5 nitrogen and oxygen atoms in total. The molecule has 0 saturated carbocycles. The highest BCUT2D eigenvalue weighted by Crippen LogP contribution is 2.26. The quantitative estimate of drug-likeness (QED) is 0.555. The Morgan fingerprint density at radius 2 is 1.93 bits per heavy atom. The number of fused-ring (bicyclic) bond motifs is 1. The van der Waals surface area contributed by atoms with Crippen LogP contribution in [-0.2, 0) is 9.53 Å².